The van der Waals surface area contributed by atoms with Gasteiger partial charge < -0.3 is 9.64 Å². The fraction of sp³-hybridized carbons (Fsp3) is 0.400. The maximum atomic E-state index is 12.4. The summed E-state index contributed by atoms with van der Waals surface area (Å²) in [5.41, 5.74) is 0.447. The van der Waals surface area contributed by atoms with E-state index in [1.165, 1.54) is 30.4 Å². The van der Waals surface area contributed by atoms with E-state index < -0.39 is 0 Å². The predicted molar refractivity (Wildman–Crippen MR) is 85.4 cm³/mol. The molecule has 2 aromatic heterocycles. The zero-order valence-electron chi connectivity index (χ0n) is 12.2. The summed E-state index contributed by atoms with van der Waals surface area (Å²) in [6.07, 6.45) is 5.64. The van der Waals surface area contributed by atoms with Gasteiger partial charge in [0, 0.05) is 24.8 Å². The van der Waals surface area contributed by atoms with Crippen molar-refractivity contribution in [2.75, 3.05) is 13.7 Å². The number of carbonyl (C=O) groups excluding carboxylic acids is 1. The summed E-state index contributed by atoms with van der Waals surface area (Å²) in [5.74, 6) is 0.884. The van der Waals surface area contributed by atoms with Crippen LogP contribution in [0.25, 0.3) is 0 Å². The zero-order chi connectivity index (χ0) is 15.5. The van der Waals surface area contributed by atoms with Crippen LogP contribution in [0.2, 0.25) is 5.02 Å². The molecule has 0 bridgehead atoms. The fourth-order valence-electron chi connectivity index (χ4n) is 1.96. The Morgan fingerprint density at radius 1 is 1.50 bits per heavy atom. The van der Waals surface area contributed by atoms with Crippen molar-refractivity contribution >= 4 is 28.8 Å². The Bertz CT molecular complexity index is 659. The molecule has 0 atom stereocenters. The van der Waals surface area contributed by atoms with Crippen molar-refractivity contribution in [3.05, 3.63) is 39.4 Å². The van der Waals surface area contributed by atoms with Gasteiger partial charge in [-0.2, -0.15) is 0 Å². The van der Waals surface area contributed by atoms with Gasteiger partial charge in [0.2, 0.25) is 5.88 Å². The summed E-state index contributed by atoms with van der Waals surface area (Å²) in [6.45, 7) is 1.11. The summed E-state index contributed by atoms with van der Waals surface area (Å²) in [7, 11) is 1.73. The molecule has 5 nitrogen and oxygen atoms in total. The number of hydrogen-bond acceptors (Lipinski definition) is 5. The second-order valence-corrected chi connectivity index (χ2v) is 6.74. The molecule has 0 aromatic carbocycles. The lowest BCUT2D eigenvalue weighted by molar-refractivity contribution is 0.0784. The highest BCUT2D eigenvalue weighted by atomic mass is 35.5. The summed E-state index contributed by atoms with van der Waals surface area (Å²) in [5, 5.41) is 3.14. The smallest absolute Gasteiger partial charge is 0.255 e. The second kappa shape index (κ2) is 6.62. The third kappa shape index (κ3) is 3.75. The van der Waals surface area contributed by atoms with E-state index in [1.807, 2.05) is 5.38 Å². The van der Waals surface area contributed by atoms with E-state index in [9.17, 15) is 4.79 Å². The Morgan fingerprint density at radius 2 is 2.32 bits per heavy atom. The third-order valence-corrected chi connectivity index (χ3v) is 4.44. The summed E-state index contributed by atoms with van der Waals surface area (Å²) < 4.78 is 5.56. The highest BCUT2D eigenvalue weighted by molar-refractivity contribution is 7.09. The first-order valence-corrected chi connectivity index (χ1v) is 8.31. The SMILES string of the molecule is CN(Cc1nccs1)C(=O)c1cnc(OCC2CC2)c(Cl)c1. The summed E-state index contributed by atoms with van der Waals surface area (Å²) >= 11 is 7.67. The molecule has 0 N–H and O–H groups in total. The number of ether oxygens (including phenoxy) is 1. The van der Waals surface area contributed by atoms with Crippen LogP contribution in [0, 0.1) is 5.92 Å². The van der Waals surface area contributed by atoms with E-state index in [-0.39, 0.29) is 5.91 Å². The van der Waals surface area contributed by atoms with Crippen molar-refractivity contribution in [1.82, 2.24) is 14.9 Å². The molecule has 22 heavy (non-hydrogen) atoms. The molecule has 2 heterocycles. The van der Waals surface area contributed by atoms with Gasteiger partial charge in [-0.15, -0.1) is 11.3 Å². The average molecular weight is 338 g/mol. The van der Waals surface area contributed by atoms with Crippen molar-refractivity contribution in [2.24, 2.45) is 5.92 Å². The zero-order valence-corrected chi connectivity index (χ0v) is 13.7. The number of pyridine rings is 1. The predicted octanol–water partition coefficient (Wildman–Crippen LogP) is 3.25. The minimum atomic E-state index is -0.140. The number of hydrogen-bond donors (Lipinski definition) is 0. The van der Waals surface area contributed by atoms with Crippen molar-refractivity contribution in [3.8, 4) is 5.88 Å². The maximum absolute atomic E-state index is 12.4. The first-order valence-electron chi connectivity index (χ1n) is 7.05. The van der Waals surface area contributed by atoms with Crippen LogP contribution in [0.1, 0.15) is 28.2 Å². The van der Waals surface area contributed by atoms with Crippen LogP contribution in [-0.2, 0) is 6.54 Å². The van der Waals surface area contributed by atoms with Gasteiger partial charge in [-0.1, -0.05) is 11.6 Å². The molecule has 1 amide bonds. The van der Waals surface area contributed by atoms with Crippen molar-refractivity contribution < 1.29 is 9.53 Å². The van der Waals surface area contributed by atoms with E-state index >= 15 is 0 Å². The average Bonchev–Trinajstić information content (AvgIpc) is 3.20. The summed E-state index contributed by atoms with van der Waals surface area (Å²) in [4.78, 5) is 22.3. The van der Waals surface area contributed by atoms with Gasteiger partial charge in [0.25, 0.3) is 5.91 Å². The number of nitrogens with zero attached hydrogens (tertiary/aromatic N) is 3. The van der Waals surface area contributed by atoms with Gasteiger partial charge in [-0.05, 0) is 24.8 Å². The Balaban J connectivity index is 1.65. The molecular weight excluding hydrogens is 322 g/mol. The molecule has 0 saturated heterocycles. The number of halogens is 1. The molecule has 0 spiro atoms. The lowest BCUT2D eigenvalue weighted by Crippen LogP contribution is -2.26. The minimum Gasteiger partial charge on any atom is -0.476 e. The van der Waals surface area contributed by atoms with E-state index in [4.69, 9.17) is 16.3 Å². The Labute approximate surface area is 137 Å². The Hall–Kier alpha value is -1.66. The number of rotatable bonds is 6. The fourth-order valence-corrected chi connectivity index (χ4v) is 2.85. The van der Waals surface area contributed by atoms with Gasteiger partial charge in [-0.3, -0.25) is 4.79 Å². The van der Waals surface area contributed by atoms with E-state index in [0.29, 0.717) is 35.5 Å². The topological polar surface area (TPSA) is 55.3 Å². The summed E-state index contributed by atoms with van der Waals surface area (Å²) in [6, 6.07) is 1.61. The first-order chi connectivity index (χ1) is 10.6. The number of aromatic nitrogens is 2. The number of thiazole rings is 1. The largest absolute Gasteiger partial charge is 0.476 e. The standard InChI is InChI=1S/C15H16ClN3O2S/c1-19(8-13-17-4-5-22-13)15(20)11-6-12(16)14(18-7-11)21-9-10-2-3-10/h4-7,10H,2-3,8-9H2,1H3. The monoisotopic (exact) mass is 337 g/mol. The van der Waals surface area contributed by atoms with Crippen molar-refractivity contribution in [2.45, 2.75) is 19.4 Å². The Kier molecular flexibility index (Phi) is 4.59. The molecule has 3 rings (SSSR count). The molecule has 0 unspecified atom stereocenters. The highest BCUT2D eigenvalue weighted by Crippen LogP contribution is 2.31. The molecule has 1 saturated carbocycles. The molecule has 0 radical (unpaired) electrons. The van der Waals surface area contributed by atoms with E-state index in [0.717, 1.165) is 5.01 Å². The van der Waals surface area contributed by atoms with Gasteiger partial charge in [0.15, 0.2) is 0 Å². The van der Waals surface area contributed by atoms with Gasteiger partial charge >= 0.3 is 0 Å². The number of amides is 1. The molecule has 7 heteroatoms. The third-order valence-electron chi connectivity index (χ3n) is 3.41. The molecule has 0 aliphatic heterocycles. The van der Waals surface area contributed by atoms with Crippen LogP contribution in [0.3, 0.4) is 0 Å². The first kappa shape index (κ1) is 15.2. The van der Waals surface area contributed by atoms with Crippen molar-refractivity contribution in [1.29, 1.82) is 0 Å². The molecule has 2 aromatic rings. The van der Waals surface area contributed by atoms with E-state index in [1.54, 1.807) is 24.2 Å². The van der Waals surface area contributed by atoms with Crippen LogP contribution < -0.4 is 4.74 Å². The van der Waals surface area contributed by atoms with Gasteiger partial charge in [0.1, 0.15) is 10.0 Å². The van der Waals surface area contributed by atoms with E-state index in [2.05, 4.69) is 9.97 Å². The van der Waals surface area contributed by atoms with Crippen LogP contribution >= 0.6 is 22.9 Å². The molecular formula is C15H16ClN3O2S. The van der Waals surface area contributed by atoms with Crippen LogP contribution in [0.4, 0.5) is 0 Å². The molecule has 1 aliphatic rings. The van der Waals surface area contributed by atoms with Crippen molar-refractivity contribution in [3.63, 3.8) is 0 Å². The second-order valence-electron chi connectivity index (χ2n) is 5.35. The molecule has 1 fully saturated rings. The molecule has 116 valence electrons. The van der Waals surface area contributed by atoms with Crippen LogP contribution in [0.15, 0.2) is 23.8 Å². The molecule has 1 aliphatic carbocycles. The Morgan fingerprint density at radius 3 is 2.95 bits per heavy atom. The lowest BCUT2D eigenvalue weighted by Gasteiger charge is -2.16. The van der Waals surface area contributed by atoms with Gasteiger partial charge in [-0.25, -0.2) is 9.97 Å². The van der Waals surface area contributed by atoms with Crippen LogP contribution in [-0.4, -0.2) is 34.4 Å². The maximum Gasteiger partial charge on any atom is 0.255 e. The quantitative estimate of drug-likeness (QED) is 0.812. The van der Waals surface area contributed by atoms with Gasteiger partial charge in [0.05, 0.1) is 18.7 Å². The van der Waals surface area contributed by atoms with Crippen LogP contribution in [0.5, 0.6) is 5.88 Å². The number of carbonyl (C=O) groups is 1. The normalized spacial score (nSPS) is 13.9. The lowest BCUT2D eigenvalue weighted by atomic mass is 10.2. The highest BCUT2D eigenvalue weighted by Gasteiger charge is 2.23. The minimum absolute atomic E-state index is 0.140.